The third kappa shape index (κ3) is 5.21. The lowest BCUT2D eigenvalue weighted by Crippen LogP contribution is -2.20. The first kappa shape index (κ1) is 16.7. The molecule has 0 saturated carbocycles. The summed E-state index contributed by atoms with van der Waals surface area (Å²) in [5.74, 6) is 1.71. The Bertz CT molecular complexity index is 625. The number of amides is 1. The minimum absolute atomic E-state index is 0.0848. The van der Waals surface area contributed by atoms with E-state index in [4.69, 9.17) is 14.2 Å². The van der Waals surface area contributed by atoms with E-state index in [9.17, 15) is 4.79 Å². The maximum Gasteiger partial charge on any atom is 0.262 e. The predicted molar refractivity (Wildman–Crippen MR) is 89.3 cm³/mol. The van der Waals surface area contributed by atoms with Crippen LogP contribution in [-0.2, 0) is 4.79 Å². The van der Waals surface area contributed by atoms with Crippen LogP contribution in [-0.4, -0.2) is 26.2 Å². The van der Waals surface area contributed by atoms with Crippen molar-refractivity contribution in [2.45, 2.75) is 13.3 Å². The van der Waals surface area contributed by atoms with E-state index in [0.717, 1.165) is 12.2 Å². The van der Waals surface area contributed by atoms with Crippen molar-refractivity contribution in [3.63, 3.8) is 0 Å². The van der Waals surface area contributed by atoms with E-state index >= 15 is 0 Å². The van der Waals surface area contributed by atoms with Gasteiger partial charge in [0.1, 0.15) is 5.75 Å². The number of nitrogens with one attached hydrogen (secondary N) is 1. The summed E-state index contributed by atoms with van der Waals surface area (Å²) in [5.41, 5.74) is 0.690. The lowest BCUT2D eigenvalue weighted by Gasteiger charge is -2.12. The highest BCUT2D eigenvalue weighted by Crippen LogP contribution is 2.26. The minimum Gasteiger partial charge on any atom is -0.497 e. The Morgan fingerprint density at radius 3 is 2.26 bits per heavy atom. The number of methoxy groups -OCH3 is 1. The minimum atomic E-state index is -0.236. The van der Waals surface area contributed by atoms with Crippen LogP contribution in [0, 0.1) is 0 Å². The van der Waals surface area contributed by atoms with Gasteiger partial charge in [0.05, 0.1) is 13.7 Å². The molecular weight excluding hydrogens is 294 g/mol. The average molecular weight is 315 g/mol. The molecule has 0 heterocycles. The molecule has 0 fully saturated rings. The molecule has 0 bridgehead atoms. The molecule has 0 aliphatic rings. The zero-order chi connectivity index (χ0) is 16.5. The Morgan fingerprint density at radius 1 is 1.00 bits per heavy atom. The van der Waals surface area contributed by atoms with Crippen molar-refractivity contribution in [2.24, 2.45) is 0 Å². The average Bonchev–Trinajstić information content (AvgIpc) is 2.59. The molecule has 0 aromatic heterocycles. The van der Waals surface area contributed by atoms with Crippen molar-refractivity contribution in [1.82, 2.24) is 0 Å². The highest BCUT2D eigenvalue weighted by atomic mass is 16.5. The lowest BCUT2D eigenvalue weighted by atomic mass is 10.3. The number of benzene rings is 2. The third-order valence-electron chi connectivity index (χ3n) is 3.04. The van der Waals surface area contributed by atoms with Crippen LogP contribution >= 0.6 is 0 Å². The van der Waals surface area contributed by atoms with E-state index in [1.807, 2.05) is 25.1 Å². The fourth-order valence-electron chi connectivity index (χ4n) is 1.92. The van der Waals surface area contributed by atoms with Crippen molar-refractivity contribution in [3.05, 3.63) is 48.5 Å². The maximum atomic E-state index is 12.0. The van der Waals surface area contributed by atoms with Crippen molar-refractivity contribution >= 4 is 11.6 Å². The predicted octanol–water partition coefficient (Wildman–Crippen LogP) is 3.50. The Morgan fingerprint density at radius 2 is 1.65 bits per heavy atom. The fraction of sp³-hybridized carbons (Fsp3) is 0.278. The molecule has 5 nitrogen and oxygen atoms in total. The van der Waals surface area contributed by atoms with Crippen LogP contribution in [0.15, 0.2) is 48.5 Å². The van der Waals surface area contributed by atoms with E-state index in [0.29, 0.717) is 23.8 Å². The summed E-state index contributed by atoms with van der Waals surface area (Å²) < 4.78 is 16.2. The van der Waals surface area contributed by atoms with Crippen LogP contribution in [0.4, 0.5) is 5.69 Å². The highest BCUT2D eigenvalue weighted by Gasteiger charge is 2.08. The van der Waals surface area contributed by atoms with Crippen LogP contribution < -0.4 is 19.5 Å². The van der Waals surface area contributed by atoms with Crippen LogP contribution in [0.2, 0.25) is 0 Å². The molecule has 0 unspecified atom stereocenters. The van der Waals surface area contributed by atoms with Crippen molar-refractivity contribution in [3.8, 4) is 17.2 Å². The smallest absolute Gasteiger partial charge is 0.262 e. The summed E-state index contributed by atoms with van der Waals surface area (Å²) in [4.78, 5) is 12.0. The molecule has 0 saturated heterocycles. The molecule has 0 radical (unpaired) electrons. The van der Waals surface area contributed by atoms with Crippen molar-refractivity contribution in [1.29, 1.82) is 0 Å². The molecule has 2 aromatic rings. The van der Waals surface area contributed by atoms with Gasteiger partial charge < -0.3 is 19.5 Å². The Balaban J connectivity index is 1.88. The Labute approximate surface area is 136 Å². The molecule has 0 spiro atoms. The molecule has 1 amide bonds. The van der Waals surface area contributed by atoms with Crippen LogP contribution in [0.5, 0.6) is 17.2 Å². The summed E-state index contributed by atoms with van der Waals surface area (Å²) >= 11 is 0. The van der Waals surface area contributed by atoms with Crippen molar-refractivity contribution in [2.75, 3.05) is 25.6 Å². The van der Waals surface area contributed by atoms with E-state index in [2.05, 4.69) is 5.32 Å². The largest absolute Gasteiger partial charge is 0.497 e. The summed E-state index contributed by atoms with van der Waals surface area (Å²) in [5, 5.41) is 2.77. The zero-order valence-electron chi connectivity index (χ0n) is 13.4. The van der Waals surface area contributed by atoms with Gasteiger partial charge in [-0.1, -0.05) is 19.1 Å². The summed E-state index contributed by atoms with van der Waals surface area (Å²) in [6.45, 7) is 2.56. The van der Waals surface area contributed by atoms with Gasteiger partial charge in [-0.05, 0) is 42.8 Å². The molecule has 0 aliphatic heterocycles. The third-order valence-corrected chi connectivity index (χ3v) is 3.04. The van der Waals surface area contributed by atoms with Gasteiger partial charge in [0.2, 0.25) is 0 Å². The van der Waals surface area contributed by atoms with Gasteiger partial charge >= 0.3 is 0 Å². The molecule has 5 heteroatoms. The molecule has 2 aromatic carbocycles. The van der Waals surface area contributed by atoms with Gasteiger partial charge in [-0.25, -0.2) is 0 Å². The summed E-state index contributed by atoms with van der Waals surface area (Å²) in [7, 11) is 1.60. The van der Waals surface area contributed by atoms with Gasteiger partial charge in [0.25, 0.3) is 5.91 Å². The molecule has 23 heavy (non-hydrogen) atoms. The number of rotatable bonds is 8. The number of hydrogen-bond acceptors (Lipinski definition) is 4. The first-order chi connectivity index (χ1) is 11.2. The second-order valence-electron chi connectivity index (χ2n) is 4.86. The van der Waals surface area contributed by atoms with E-state index < -0.39 is 0 Å². The second-order valence-corrected chi connectivity index (χ2v) is 4.86. The number of anilines is 1. The number of carbonyl (C=O) groups excluding carboxylic acids is 1. The first-order valence-electron chi connectivity index (χ1n) is 7.51. The van der Waals surface area contributed by atoms with Gasteiger partial charge in [-0.2, -0.15) is 0 Å². The lowest BCUT2D eigenvalue weighted by molar-refractivity contribution is -0.118. The zero-order valence-corrected chi connectivity index (χ0v) is 13.4. The van der Waals surface area contributed by atoms with Gasteiger partial charge in [-0.15, -0.1) is 0 Å². The normalized spacial score (nSPS) is 10.0. The van der Waals surface area contributed by atoms with Gasteiger partial charge in [-0.3, -0.25) is 4.79 Å². The molecule has 0 aliphatic carbocycles. The molecule has 122 valence electrons. The maximum absolute atomic E-state index is 12.0. The fourth-order valence-corrected chi connectivity index (χ4v) is 1.92. The summed E-state index contributed by atoms with van der Waals surface area (Å²) in [6.07, 6.45) is 0.909. The molecule has 2 rings (SSSR count). The van der Waals surface area contributed by atoms with E-state index in [-0.39, 0.29) is 12.5 Å². The Kier molecular flexibility index (Phi) is 6.29. The van der Waals surface area contributed by atoms with Gasteiger partial charge in [0.15, 0.2) is 18.1 Å². The van der Waals surface area contributed by atoms with Crippen LogP contribution in [0.3, 0.4) is 0 Å². The SMILES string of the molecule is CCCOc1ccccc1OCC(=O)Nc1ccc(OC)cc1. The van der Waals surface area contributed by atoms with E-state index in [1.54, 1.807) is 37.4 Å². The number of ether oxygens (including phenoxy) is 3. The van der Waals surface area contributed by atoms with E-state index in [1.165, 1.54) is 0 Å². The Hall–Kier alpha value is -2.69. The van der Waals surface area contributed by atoms with Crippen molar-refractivity contribution < 1.29 is 19.0 Å². The molecular formula is C18H21NO4. The van der Waals surface area contributed by atoms with Crippen LogP contribution in [0.1, 0.15) is 13.3 Å². The molecule has 0 atom stereocenters. The van der Waals surface area contributed by atoms with Gasteiger partial charge in [0, 0.05) is 5.69 Å². The summed E-state index contributed by atoms with van der Waals surface area (Å²) in [6, 6.07) is 14.4. The highest BCUT2D eigenvalue weighted by molar-refractivity contribution is 5.91. The monoisotopic (exact) mass is 315 g/mol. The number of carbonyl (C=O) groups is 1. The number of hydrogen-bond donors (Lipinski definition) is 1. The molecule has 1 N–H and O–H groups in total. The number of para-hydroxylation sites is 2. The van der Waals surface area contributed by atoms with Crippen LogP contribution in [0.25, 0.3) is 0 Å². The second kappa shape index (κ2) is 8.68. The quantitative estimate of drug-likeness (QED) is 0.810. The topological polar surface area (TPSA) is 56.8 Å². The standard InChI is InChI=1S/C18H21NO4/c1-3-12-22-16-6-4-5-7-17(16)23-13-18(20)19-14-8-10-15(21-2)11-9-14/h4-11H,3,12-13H2,1-2H3,(H,19,20). The first-order valence-corrected chi connectivity index (χ1v) is 7.51.